The largest absolute Gasteiger partial charge is 0.396 e. The Morgan fingerprint density at radius 3 is 2.68 bits per heavy atom. The molecule has 0 aliphatic heterocycles. The fourth-order valence-corrected chi connectivity index (χ4v) is 2.73. The number of nitrogens with one attached hydrogen (secondary N) is 2. The van der Waals surface area contributed by atoms with E-state index in [1.165, 1.54) is 5.56 Å². The second kappa shape index (κ2) is 14.4. The molecule has 0 bridgehead atoms. The summed E-state index contributed by atoms with van der Waals surface area (Å²) in [5.41, 5.74) is 1.19. The molecule has 0 aliphatic rings. The highest BCUT2D eigenvalue weighted by Crippen LogP contribution is 2.15. The lowest BCUT2D eigenvalue weighted by molar-refractivity contribution is 0.245. The highest BCUT2D eigenvalue weighted by molar-refractivity contribution is 14.0. The van der Waals surface area contributed by atoms with Crippen LogP contribution in [0.1, 0.15) is 45.6 Å². The number of rotatable bonds is 11. The van der Waals surface area contributed by atoms with E-state index in [9.17, 15) is 5.11 Å². The molecule has 1 atom stereocenters. The van der Waals surface area contributed by atoms with Crippen molar-refractivity contribution in [3.05, 3.63) is 18.0 Å². The Labute approximate surface area is 169 Å². The maximum Gasteiger partial charge on any atom is 0.191 e. The van der Waals surface area contributed by atoms with Crippen LogP contribution in [0.4, 0.5) is 0 Å². The summed E-state index contributed by atoms with van der Waals surface area (Å²) in [5.74, 6) is 1.93. The lowest BCUT2D eigenvalue weighted by atomic mass is 9.94. The molecule has 0 radical (unpaired) electrons. The normalized spacial score (nSPS) is 12.8. The number of halogens is 1. The van der Waals surface area contributed by atoms with Gasteiger partial charge in [0.1, 0.15) is 0 Å². The zero-order valence-electron chi connectivity index (χ0n) is 16.2. The standard InChI is InChI=1S/C18H35N5O.HI/c1-5-19-18(21-13-17(7-10-24)11-15(2)3)20-8-6-9-23-14-16(4)12-22-23;/h12,14-15,17,24H,5-11,13H2,1-4H3,(H2,19,20,21);1H. The van der Waals surface area contributed by atoms with Gasteiger partial charge in [-0.25, -0.2) is 0 Å². The van der Waals surface area contributed by atoms with Crippen molar-refractivity contribution in [2.24, 2.45) is 16.8 Å². The maximum atomic E-state index is 9.21. The van der Waals surface area contributed by atoms with E-state index in [1.807, 2.05) is 10.9 Å². The van der Waals surface area contributed by atoms with Crippen molar-refractivity contribution < 1.29 is 5.11 Å². The smallest absolute Gasteiger partial charge is 0.191 e. The Bertz CT molecular complexity index is 476. The minimum Gasteiger partial charge on any atom is -0.396 e. The van der Waals surface area contributed by atoms with Crippen LogP contribution in [0.5, 0.6) is 0 Å². The summed E-state index contributed by atoms with van der Waals surface area (Å²) < 4.78 is 1.97. The zero-order valence-corrected chi connectivity index (χ0v) is 18.5. The predicted octanol–water partition coefficient (Wildman–Crippen LogP) is 2.80. The molecule has 7 heteroatoms. The molecule has 6 nitrogen and oxygen atoms in total. The van der Waals surface area contributed by atoms with Crippen LogP contribution in [0.25, 0.3) is 0 Å². The third kappa shape index (κ3) is 11.4. The summed E-state index contributed by atoms with van der Waals surface area (Å²) in [4.78, 5) is 4.70. The van der Waals surface area contributed by atoms with Gasteiger partial charge in [-0.1, -0.05) is 13.8 Å². The molecule has 0 spiro atoms. The van der Waals surface area contributed by atoms with E-state index in [2.05, 4.69) is 49.6 Å². The summed E-state index contributed by atoms with van der Waals surface area (Å²) in [5, 5.41) is 20.2. The first-order chi connectivity index (χ1) is 11.5. The Hall–Kier alpha value is -0.830. The average molecular weight is 465 g/mol. The quantitative estimate of drug-likeness (QED) is 0.203. The number of aryl methyl sites for hydroxylation is 2. The van der Waals surface area contributed by atoms with Crippen LogP contribution in [-0.4, -0.2) is 47.1 Å². The van der Waals surface area contributed by atoms with Gasteiger partial charge in [0.25, 0.3) is 0 Å². The molecule has 0 fully saturated rings. The van der Waals surface area contributed by atoms with Crippen molar-refractivity contribution in [2.75, 3.05) is 26.2 Å². The first-order valence-electron chi connectivity index (χ1n) is 9.17. The van der Waals surface area contributed by atoms with Gasteiger partial charge in [-0.05, 0) is 50.5 Å². The van der Waals surface area contributed by atoms with Crippen LogP contribution in [-0.2, 0) is 6.54 Å². The van der Waals surface area contributed by atoms with Gasteiger partial charge in [-0.15, -0.1) is 24.0 Å². The van der Waals surface area contributed by atoms with E-state index in [0.717, 1.165) is 51.4 Å². The molecule has 0 aromatic carbocycles. The molecule has 1 heterocycles. The second-order valence-corrected chi connectivity index (χ2v) is 6.79. The number of aliphatic imine (C=N–C) groups is 1. The van der Waals surface area contributed by atoms with E-state index < -0.39 is 0 Å². The molecule has 146 valence electrons. The van der Waals surface area contributed by atoms with Crippen LogP contribution in [0, 0.1) is 18.8 Å². The molecule has 0 amide bonds. The second-order valence-electron chi connectivity index (χ2n) is 6.79. The lowest BCUT2D eigenvalue weighted by Crippen LogP contribution is -2.38. The number of aromatic nitrogens is 2. The van der Waals surface area contributed by atoms with Gasteiger partial charge in [-0.2, -0.15) is 5.10 Å². The van der Waals surface area contributed by atoms with Crippen LogP contribution < -0.4 is 10.6 Å². The van der Waals surface area contributed by atoms with Gasteiger partial charge in [0.05, 0.1) is 6.20 Å². The molecule has 0 saturated heterocycles. The highest BCUT2D eigenvalue weighted by Gasteiger charge is 2.10. The van der Waals surface area contributed by atoms with Crippen molar-refractivity contribution in [3.63, 3.8) is 0 Å². The molecule has 1 aromatic heterocycles. The third-order valence-corrected chi connectivity index (χ3v) is 3.81. The first kappa shape index (κ1) is 24.2. The van der Waals surface area contributed by atoms with Gasteiger partial charge >= 0.3 is 0 Å². The van der Waals surface area contributed by atoms with Gasteiger partial charge in [0, 0.05) is 39.0 Å². The summed E-state index contributed by atoms with van der Waals surface area (Å²) in [7, 11) is 0. The van der Waals surface area contributed by atoms with Crippen molar-refractivity contribution in [2.45, 2.75) is 53.5 Å². The van der Waals surface area contributed by atoms with Crippen LogP contribution in [0.3, 0.4) is 0 Å². The average Bonchev–Trinajstić information content (AvgIpc) is 2.94. The Morgan fingerprint density at radius 2 is 2.12 bits per heavy atom. The summed E-state index contributed by atoms with van der Waals surface area (Å²) in [6.07, 6.45) is 6.86. The molecule has 1 unspecified atom stereocenters. The maximum absolute atomic E-state index is 9.21. The van der Waals surface area contributed by atoms with Crippen molar-refractivity contribution in [1.82, 2.24) is 20.4 Å². The molecule has 0 aliphatic carbocycles. The van der Waals surface area contributed by atoms with E-state index >= 15 is 0 Å². The number of hydrogen-bond donors (Lipinski definition) is 3. The topological polar surface area (TPSA) is 74.5 Å². The number of aliphatic hydroxyl groups is 1. The molecule has 25 heavy (non-hydrogen) atoms. The summed E-state index contributed by atoms with van der Waals surface area (Å²) in [6, 6.07) is 0. The lowest BCUT2D eigenvalue weighted by Gasteiger charge is -2.17. The fourth-order valence-electron chi connectivity index (χ4n) is 2.73. The number of guanidine groups is 1. The summed E-state index contributed by atoms with van der Waals surface area (Å²) in [6.45, 7) is 12.2. The third-order valence-electron chi connectivity index (χ3n) is 3.81. The van der Waals surface area contributed by atoms with E-state index in [0.29, 0.717) is 11.8 Å². The first-order valence-corrected chi connectivity index (χ1v) is 9.17. The summed E-state index contributed by atoms with van der Waals surface area (Å²) >= 11 is 0. The van der Waals surface area contributed by atoms with E-state index in [1.54, 1.807) is 0 Å². The zero-order chi connectivity index (χ0) is 17.8. The van der Waals surface area contributed by atoms with Gasteiger partial charge in [0.2, 0.25) is 0 Å². The Kier molecular flexibility index (Phi) is 13.9. The number of nitrogens with zero attached hydrogens (tertiary/aromatic N) is 3. The van der Waals surface area contributed by atoms with Crippen molar-refractivity contribution in [3.8, 4) is 0 Å². The van der Waals surface area contributed by atoms with Crippen molar-refractivity contribution >= 4 is 29.9 Å². The molecule has 1 rings (SSSR count). The minimum atomic E-state index is 0. The molecular weight excluding hydrogens is 429 g/mol. The Morgan fingerprint density at radius 1 is 1.36 bits per heavy atom. The van der Waals surface area contributed by atoms with Crippen LogP contribution in [0.15, 0.2) is 17.4 Å². The Balaban J connectivity index is 0.00000576. The van der Waals surface area contributed by atoms with E-state index in [4.69, 9.17) is 4.99 Å². The van der Waals surface area contributed by atoms with Gasteiger partial charge in [0.15, 0.2) is 5.96 Å². The van der Waals surface area contributed by atoms with Crippen LogP contribution in [0.2, 0.25) is 0 Å². The van der Waals surface area contributed by atoms with Crippen molar-refractivity contribution in [1.29, 1.82) is 0 Å². The highest BCUT2D eigenvalue weighted by atomic mass is 127. The molecular formula is C18H36IN5O. The van der Waals surface area contributed by atoms with Gasteiger partial charge in [-0.3, -0.25) is 9.67 Å². The number of hydrogen-bond acceptors (Lipinski definition) is 3. The van der Waals surface area contributed by atoms with E-state index in [-0.39, 0.29) is 30.6 Å². The minimum absolute atomic E-state index is 0. The molecule has 3 N–H and O–H groups in total. The number of aliphatic hydroxyl groups excluding tert-OH is 1. The SMILES string of the molecule is CCNC(=NCC(CCO)CC(C)C)NCCCn1cc(C)cn1.I. The molecule has 1 aromatic rings. The fraction of sp³-hybridized carbons (Fsp3) is 0.778. The monoisotopic (exact) mass is 465 g/mol. The predicted molar refractivity (Wildman–Crippen MR) is 116 cm³/mol. The van der Waals surface area contributed by atoms with Gasteiger partial charge < -0.3 is 15.7 Å². The van der Waals surface area contributed by atoms with Crippen LogP contribution >= 0.6 is 24.0 Å². The molecule has 0 saturated carbocycles.